The molecule has 10 heteroatoms. The molecule has 1 rings (SSSR count). The molecule has 0 bridgehead atoms. The van der Waals surface area contributed by atoms with Crippen LogP contribution in [0.15, 0.2) is 17.0 Å². The Labute approximate surface area is 132 Å². The van der Waals surface area contributed by atoms with Crippen LogP contribution < -0.4 is 15.2 Å². The highest BCUT2D eigenvalue weighted by molar-refractivity contribution is 7.86. The number of methoxy groups -OCH3 is 2. The minimum absolute atomic E-state index is 0.0995. The third-order valence-electron chi connectivity index (χ3n) is 2.86. The van der Waals surface area contributed by atoms with Crippen LogP contribution in [0.5, 0.6) is 11.5 Å². The van der Waals surface area contributed by atoms with Gasteiger partial charge in [0.25, 0.3) is 0 Å². The Balaban J connectivity index is 3.32. The molecular formula is C13H16F5NO3S. The molecule has 0 heterocycles. The highest BCUT2D eigenvalue weighted by Crippen LogP contribution is 2.40. The molecule has 2 N–H and O–H groups in total. The average molecular weight is 361 g/mol. The minimum atomic E-state index is -5.16. The molecular weight excluding hydrogens is 345 g/mol. The molecule has 23 heavy (non-hydrogen) atoms. The maximum absolute atomic E-state index is 13.7. The summed E-state index contributed by atoms with van der Waals surface area (Å²) < 4.78 is 85.9. The van der Waals surface area contributed by atoms with E-state index in [-0.39, 0.29) is 18.0 Å². The number of hydrogen-bond donors (Lipinski definition) is 1. The van der Waals surface area contributed by atoms with Gasteiger partial charge in [-0.25, -0.2) is 4.21 Å². The van der Waals surface area contributed by atoms with Crippen molar-refractivity contribution in [3.8, 4) is 11.5 Å². The lowest BCUT2D eigenvalue weighted by Gasteiger charge is -2.20. The summed E-state index contributed by atoms with van der Waals surface area (Å²) >= 11 is 0. The third kappa shape index (κ3) is 5.03. The molecule has 132 valence electrons. The van der Waals surface area contributed by atoms with Gasteiger partial charge in [-0.1, -0.05) is 0 Å². The molecule has 1 aromatic carbocycles. The van der Waals surface area contributed by atoms with Gasteiger partial charge in [-0.3, -0.25) is 0 Å². The summed E-state index contributed by atoms with van der Waals surface area (Å²) in [6.07, 6.45) is -7.33. The highest BCUT2D eigenvalue weighted by Gasteiger charge is 2.49. The molecule has 0 aliphatic heterocycles. The van der Waals surface area contributed by atoms with Crippen molar-refractivity contribution in [2.45, 2.75) is 29.2 Å². The minimum Gasteiger partial charge on any atom is -0.496 e. The van der Waals surface area contributed by atoms with Crippen LogP contribution >= 0.6 is 0 Å². The van der Waals surface area contributed by atoms with Gasteiger partial charge in [0.15, 0.2) is 0 Å². The standard InChI is InChI=1S/C13H16F5NO3S/c1-21-9-6-11(10(22-2)5-8(9)3-4-19)23(20)13(17,18)7-12(14,15)16/h5-6H,3-4,7,19H2,1-2H3. The van der Waals surface area contributed by atoms with Crippen molar-refractivity contribution in [2.24, 2.45) is 5.73 Å². The van der Waals surface area contributed by atoms with E-state index in [0.717, 1.165) is 13.2 Å². The Hall–Kier alpha value is -1.42. The summed E-state index contributed by atoms with van der Waals surface area (Å²) in [4.78, 5) is -0.570. The van der Waals surface area contributed by atoms with Crippen LogP contribution in [0, 0.1) is 0 Å². The molecule has 1 atom stereocenters. The second-order valence-corrected chi connectivity index (χ2v) is 6.13. The Kier molecular flexibility index (Phi) is 6.34. The van der Waals surface area contributed by atoms with Crippen molar-refractivity contribution in [1.82, 2.24) is 0 Å². The molecule has 0 saturated carbocycles. The van der Waals surface area contributed by atoms with Crippen LogP contribution in [-0.2, 0) is 17.2 Å². The van der Waals surface area contributed by atoms with Gasteiger partial charge < -0.3 is 15.2 Å². The molecule has 1 aromatic rings. The predicted octanol–water partition coefficient (Wildman–Crippen LogP) is 2.86. The fraction of sp³-hybridized carbons (Fsp3) is 0.538. The molecule has 0 aromatic heterocycles. The lowest BCUT2D eigenvalue weighted by molar-refractivity contribution is -0.166. The maximum Gasteiger partial charge on any atom is 0.395 e. The second-order valence-electron chi connectivity index (χ2n) is 4.55. The van der Waals surface area contributed by atoms with Crippen molar-refractivity contribution >= 4 is 10.8 Å². The number of halogens is 5. The predicted molar refractivity (Wildman–Crippen MR) is 74.3 cm³/mol. The molecule has 0 aliphatic carbocycles. The van der Waals surface area contributed by atoms with Crippen molar-refractivity contribution in [3.05, 3.63) is 17.7 Å². The van der Waals surface area contributed by atoms with Gasteiger partial charge in [-0.15, -0.1) is 0 Å². The fourth-order valence-electron chi connectivity index (χ4n) is 1.89. The summed E-state index contributed by atoms with van der Waals surface area (Å²) in [5, 5.41) is -4.49. The molecule has 4 nitrogen and oxygen atoms in total. The maximum atomic E-state index is 13.7. The van der Waals surface area contributed by atoms with Gasteiger partial charge in [-0.05, 0) is 24.6 Å². The molecule has 0 radical (unpaired) electrons. The number of benzene rings is 1. The van der Waals surface area contributed by atoms with E-state index in [4.69, 9.17) is 15.2 Å². The van der Waals surface area contributed by atoms with Crippen molar-refractivity contribution in [1.29, 1.82) is 0 Å². The van der Waals surface area contributed by atoms with Crippen LogP contribution in [0.25, 0.3) is 0 Å². The van der Waals surface area contributed by atoms with E-state index in [1.54, 1.807) is 0 Å². The summed E-state index contributed by atoms with van der Waals surface area (Å²) in [5.41, 5.74) is 5.92. The molecule has 0 saturated heterocycles. The van der Waals surface area contributed by atoms with Crippen molar-refractivity contribution < 1.29 is 35.6 Å². The smallest absolute Gasteiger partial charge is 0.395 e. The summed E-state index contributed by atoms with van der Waals surface area (Å²) in [5.74, 6) is -0.114. The third-order valence-corrected chi connectivity index (χ3v) is 4.26. The Bertz CT molecular complexity index is 577. The van der Waals surface area contributed by atoms with Gasteiger partial charge in [-0.2, -0.15) is 22.0 Å². The molecule has 0 fully saturated rings. The second kappa shape index (κ2) is 7.43. The van der Waals surface area contributed by atoms with Crippen LogP contribution in [0.2, 0.25) is 0 Å². The summed E-state index contributed by atoms with van der Waals surface area (Å²) in [6, 6.07) is 2.27. The van der Waals surface area contributed by atoms with E-state index in [1.165, 1.54) is 13.2 Å². The first-order valence-corrected chi connectivity index (χ1v) is 7.52. The lowest BCUT2D eigenvalue weighted by Crippen LogP contribution is -2.30. The first-order chi connectivity index (χ1) is 10.6. The van der Waals surface area contributed by atoms with Crippen LogP contribution in [0.1, 0.15) is 12.0 Å². The van der Waals surface area contributed by atoms with Crippen LogP contribution in [0.4, 0.5) is 22.0 Å². The van der Waals surface area contributed by atoms with Crippen LogP contribution in [-0.4, -0.2) is 36.4 Å². The first kappa shape index (κ1) is 19.6. The fourth-order valence-corrected chi connectivity index (χ4v) is 3.04. The first-order valence-electron chi connectivity index (χ1n) is 6.37. The van der Waals surface area contributed by atoms with E-state index in [2.05, 4.69) is 0 Å². The van der Waals surface area contributed by atoms with E-state index in [1.807, 2.05) is 0 Å². The monoisotopic (exact) mass is 361 g/mol. The summed E-state index contributed by atoms with van der Waals surface area (Å²) in [7, 11) is -0.877. The largest absolute Gasteiger partial charge is 0.496 e. The van der Waals surface area contributed by atoms with E-state index in [9.17, 15) is 26.2 Å². The van der Waals surface area contributed by atoms with Crippen molar-refractivity contribution in [3.63, 3.8) is 0 Å². The molecule has 1 unspecified atom stereocenters. The molecule has 0 aliphatic rings. The van der Waals surface area contributed by atoms with E-state index < -0.39 is 33.5 Å². The topological polar surface area (TPSA) is 61.5 Å². The quantitative estimate of drug-likeness (QED) is 0.759. The Morgan fingerprint density at radius 2 is 1.65 bits per heavy atom. The van der Waals surface area contributed by atoms with Crippen LogP contribution in [0.3, 0.4) is 0 Å². The number of nitrogens with two attached hydrogens (primary N) is 1. The van der Waals surface area contributed by atoms with Gasteiger partial charge in [0.1, 0.15) is 28.7 Å². The molecule has 0 amide bonds. The zero-order valence-corrected chi connectivity index (χ0v) is 13.2. The molecule has 0 spiro atoms. The lowest BCUT2D eigenvalue weighted by atomic mass is 10.1. The zero-order valence-electron chi connectivity index (χ0n) is 12.4. The Morgan fingerprint density at radius 1 is 1.09 bits per heavy atom. The summed E-state index contributed by atoms with van der Waals surface area (Å²) in [6.45, 7) is 0.228. The van der Waals surface area contributed by atoms with E-state index >= 15 is 0 Å². The number of alkyl halides is 5. The van der Waals surface area contributed by atoms with E-state index in [0.29, 0.717) is 12.0 Å². The van der Waals surface area contributed by atoms with Gasteiger partial charge in [0.05, 0.1) is 19.1 Å². The Morgan fingerprint density at radius 3 is 2.09 bits per heavy atom. The normalized spacial score (nSPS) is 13.7. The van der Waals surface area contributed by atoms with Gasteiger partial charge in [0, 0.05) is 6.07 Å². The zero-order chi connectivity index (χ0) is 17.8. The highest BCUT2D eigenvalue weighted by atomic mass is 32.2. The average Bonchev–Trinajstić information content (AvgIpc) is 2.43. The van der Waals surface area contributed by atoms with Gasteiger partial charge >= 0.3 is 11.4 Å². The van der Waals surface area contributed by atoms with Crippen molar-refractivity contribution in [2.75, 3.05) is 20.8 Å². The van der Waals surface area contributed by atoms with Gasteiger partial charge in [0.2, 0.25) is 0 Å². The number of ether oxygens (including phenoxy) is 2. The number of rotatable bonds is 7. The number of hydrogen-bond acceptors (Lipinski definition) is 4. The SMILES string of the molecule is COc1cc(S(=O)C(F)(F)CC(F)(F)F)c(OC)cc1CCN.